The van der Waals surface area contributed by atoms with Crippen molar-refractivity contribution < 1.29 is 23.9 Å². The van der Waals surface area contributed by atoms with E-state index in [1.807, 2.05) is 30.3 Å². The average molecular weight is 377 g/mol. The Kier molecular flexibility index (Phi) is 8.98. The van der Waals surface area contributed by atoms with Crippen molar-refractivity contribution >= 4 is 23.7 Å². The summed E-state index contributed by atoms with van der Waals surface area (Å²) in [5.74, 6) is -2.77. The van der Waals surface area contributed by atoms with E-state index in [0.717, 1.165) is 5.56 Å². The Balaban J connectivity index is 2.83. The quantitative estimate of drug-likeness (QED) is 0.505. The molecule has 0 aromatic heterocycles. The lowest BCUT2D eigenvalue weighted by molar-refractivity contribution is -0.148. The summed E-state index contributed by atoms with van der Waals surface area (Å²) in [5.41, 5.74) is 6.22. The summed E-state index contributed by atoms with van der Waals surface area (Å²) in [6.07, 6.45) is 0.267. The third kappa shape index (κ3) is 7.89. The summed E-state index contributed by atoms with van der Waals surface area (Å²) >= 11 is 0. The van der Waals surface area contributed by atoms with Crippen LogP contribution in [-0.2, 0) is 30.3 Å². The van der Waals surface area contributed by atoms with Gasteiger partial charge in [-0.2, -0.15) is 0 Å². The van der Waals surface area contributed by atoms with Crippen LogP contribution in [0.2, 0.25) is 0 Å². The molecule has 1 rings (SSSR count). The van der Waals surface area contributed by atoms with Gasteiger partial charge in [-0.05, 0) is 18.9 Å². The van der Waals surface area contributed by atoms with Gasteiger partial charge in [-0.15, -0.1) is 0 Å². The van der Waals surface area contributed by atoms with Crippen LogP contribution in [0.15, 0.2) is 30.3 Å². The highest BCUT2D eigenvalue weighted by Crippen LogP contribution is 2.10. The van der Waals surface area contributed by atoms with Gasteiger partial charge in [0.2, 0.25) is 17.7 Å². The highest BCUT2D eigenvalue weighted by atomic mass is 16.5. The number of carbonyl (C=O) groups excluding carboxylic acids is 4. The molecule has 0 aliphatic carbocycles. The van der Waals surface area contributed by atoms with E-state index in [2.05, 4.69) is 10.6 Å². The second kappa shape index (κ2) is 10.9. The zero-order valence-electron chi connectivity index (χ0n) is 15.9. The van der Waals surface area contributed by atoms with Crippen molar-refractivity contribution in [2.45, 2.75) is 45.7 Å². The largest absolute Gasteiger partial charge is 0.466 e. The molecular formula is C19H27N3O5. The van der Waals surface area contributed by atoms with E-state index >= 15 is 0 Å². The van der Waals surface area contributed by atoms with Crippen molar-refractivity contribution in [3.8, 4) is 0 Å². The van der Waals surface area contributed by atoms with E-state index in [1.54, 1.807) is 13.8 Å². The van der Waals surface area contributed by atoms with Crippen LogP contribution in [0.4, 0.5) is 0 Å². The standard InChI is InChI=1S/C19H27N3O5/c1-4-27-19(26)12(2)10-15(17(20)24)22-18(25)16(21-13(3)23)11-14-8-6-5-7-9-14/h5-9,12,15-16H,4,10-11H2,1-3H3,(H2,20,24)(H,21,23)(H,22,25)/t12-,15-,16-/m0/s1. The molecule has 8 heteroatoms. The lowest BCUT2D eigenvalue weighted by atomic mass is 10.00. The number of amides is 3. The van der Waals surface area contributed by atoms with Crippen LogP contribution in [0.5, 0.6) is 0 Å². The second-order valence-corrected chi connectivity index (χ2v) is 6.30. The number of rotatable bonds is 10. The first-order valence-electron chi connectivity index (χ1n) is 8.81. The smallest absolute Gasteiger partial charge is 0.308 e. The SMILES string of the molecule is CCOC(=O)[C@@H](C)C[C@H](NC(=O)[C@H](Cc1ccccc1)NC(C)=O)C(N)=O. The number of carbonyl (C=O) groups is 4. The number of ether oxygens (including phenoxy) is 1. The number of primary amides is 1. The minimum atomic E-state index is -1.05. The molecule has 1 aromatic rings. The monoisotopic (exact) mass is 377 g/mol. The van der Waals surface area contributed by atoms with Crippen molar-refractivity contribution in [2.24, 2.45) is 11.7 Å². The molecule has 3 amide bonds. The van der Waals surface area contributed by atoms with Gasteiger partial charge in [0.05, 0.1) is 12.5 Å². The molecule has 148 valence electrons. The van der Waals surface area contributed by atoms with E-state index in [1.165, 1.54) is 6.92 Å². The molecule has 0 aliphatic heterocycles. The minimum Gasteiger partial charge on any atom is -0.466 e. The second-order valence-electron chi connectivity index (χ2n) is 6.30. The van der Waals surface area contributed by atoms with Gasteiger partial charge in [0.25, 0.3) is 0 Å². The van der Waals surface area contributed by atoms with Crippen molar-refractivity contribution in [3.05, 3.63) is 35.9 Å². The van der Waals surface area contributed by atoms with E-state index < -0.39 is 35.8 Å². The zero-order valence-corrected chi connectivity index (χ0v) is 15.9. The van der Waals surface area contributed by atoms with Crippen molar-refractivity contribution in [3.63, 3.8) is 0 Å². The molecule has 4 N–H and O–H groups in total. The van der Waals surface area contributed by atoms with Crippen LogP contribution in [0.25, 0.3) is 0 Å². The molecule has 0 aliphatic rings. The maximum Gasteiger partial charge on any atom is 0.308 e. The lowest BCUT2D eigenvalue weighted by Gasteiger charge is -2.23. The van der Waals surface area contributed by atoms with Crippen LogP contribution in [0.3, 0.4) is 0 Å². The Morgan fingerprint density at radius 1 is 1.07 bits per heavy atom. The predicted octanol–water partition coefficient (Wildman–Crippen LogP) is 0.293. The Morgan fingerprint density at radius 3 is 2.22 bits per heavy atom. The molecule has 0 radical (unpaired) electrons. The van der Waals surface area contributed by atoms with Gasteiger partial charge in [0.1, 0.15) is 12.1 Å². The van der Waals surface area contributed by atoms with Gasteiger partial charge < -0.3 is 21.1 Å². The summed E-state index contributed by atoms with van der Waals surface area (Å²) in [5, 5.41) is 5.11. The lowest BCUT2D eigenvalue weighted by Crippen LogP contribution is -2.54. The third-order valence-corrected chi connectivity index (χ3v) is 3.91. The number of nitrogens with one attached hydrogen (secondary N) is 2. The highest BCUT2D eigenvalue weighted by Gasteiger charge is 2.28. The summed E-state index contributed by atoms with van der Waals surface area (Å²) in [6, 6.07) is 7.23. The summed E-state index contributed by atoms with van der Waals surface area (Å²) in [4.78, 5) is 47.6. The van der Waals surface area contributed by atoms with Gasteiger partial charge in [-0.3, -0.25) is 19.2 Å². The summed E-state index contributed by atoms with van der Waals surface area (Å²) in [6.45, 7) is 4.80. The first-order chi connectivity index (χ1) is 12.7. The fraction of sp³-hybridized carbons (Fsp3) is 0.474. The van der Waals surface area contributed by atoms with Gasteiger partial charge in [-0.25, -0.2) is 0 Å². The summed E-state index contributed by atoms with van der Waals surface area (Å²) in [7, 11) is 0. The van der Waals surface area contributed by atoms with E-state index in [0.29, 0.717) is 0 Å². The fourth-order valence-electron chi connectivity index (χ4n) is 2.56. The average Bonchev–Trinajstić information content (AvgIpc) is 2.61. The molecule has 0 fully saturated rings. The molecular weight excluding hydrogens is 350 g/mol. The first kappa shape index (κ1) is 22.1. The zero-order chi connectivity index (χ0) is 20.4. The number of hydrogen-bond donors (Lipinski definition) is 3. The maximum atomic E-state index is 12.6. The molecule has 0 saturated heterocycles. The van der Waals surface area contributed by atoms with E-state index in [9.17, 15) is 19.2 Å². The van der Waals surface area contributed by atoms with Gasteiger partial charge in [0, 0.05) is 13.3 Å². The number of benzene rings is 1. The normalized spacial score (nSPS) is 13.7. The first-order valence-corrected chi connectivity index (χ1v) is 8.81. The predicted molar refractivity (Wildman–Crippen MR) is 99.3 cm³/mol. The molecule has 0 unspecified atom stereocenters. The Bertz CT molecular complexity index is 663. The molecule has 0 heterocycles. The van der Waals surface area contributed by atoms with Gasteiger partial charge in [-0.1, -0.05) is 37.3 Å². The molecule has 1 aromatic carbocycles. The molecule has 27 heavy (non-hydrogen) atoms. The molecule has 0 bridgehead atoms. The number of hydrogen-bond acceptors (Lipinski definition) is 5. The van der Waals surface area contributed by atoms with Gasteiger partial charge in [0.15, 0.2) is 0 Å². The molecule has 0 saturated carbocycles. The maximum absolute atomic E-state index is 12.6. The van der Waals surface area contributed by atoms with Gasteiger partial charge >= 0.3 is 5.97 Å². The van der Waals surface area contributed by atoms with E-state index in [4.69, 9.17) is 10.5 Å². The Labute approximate surface area is 158 Å². The Morgan fingerprint density at radius 2 is 1.70 bits per heavy atom. The number of nitrogens with two attached hydrogens (primary N) is 1. The summed E-state index contributed by atoms with van der Waals surface area (Å²) < 4.78 is 4.91. The van der Waals surface area contributed by atoms with Crippen LogP contribution < -0.4 is 16.4 Å². The van der Waals surface area contributed by atoms with E-state index in [-0.39, 0.29) is 25.4 Å². The molecule has 0 spiro atoms. The number of esters is 1. The van der Waals surface area contributed by atoms with Crippen molar-refractivity contribution in [2.75, 3.05) is 6.61 Å². The Hall–Kier alpha value is -2.90. The highest BCUT2D eigenvalue weighted by molar-refractivity contribution is 5.91. The minimum absolute atomic E-state index is 0.0119. The molecule has 8 nitrogen and oxygen atoms in total. The van der Waals surface area contributed by atoms with Crippen LogP contribution in [0, 0.1) is 5.92 Å². The van der Waals surface area contributed by atoms with Crippen LogP contribution in [0.1, 0.15) is 32.8 Å². The third-order valence-electron chi connectivity index (χ3n) is 3.91. The van der Waals surface area contributed by atoms with Crippen molar-refractivity contribution in [1.82, 2.24) is 10.6 Å². The van der Waals surface area contributed by atoms with Crippen LogP contribution >= 0.6 is 0 Å². The van der Waals surface area contributed by atoms with Crippen LogP contribution in [-0.4, -0.2) is 42.4 Å². The topological polar surface area (TPSA) is 128 Å². The van der Waals surface area contributed by atoms with Crippen molar-refractivity contribution in [1.29, 1.82) is 0 Å². The fourth-order valence-corrected chi connectivity index (χ4v) is 2.56. The molecule has 3 atom stereocenters.